The zero-order valence-electron chi connectivity index (χ0n) is 18.8. The standard InChI is InChI=1S/C22H35N3O4/c1-14(23-19(27)15(2)25-22(6,7)8)18(26)24-17-11-9-16(10-12-17)13-29-20(28)21(3,4)5/h9-12,14-15,25H,13H2,1-8H3,(H,23,27)(H,24,26). The fraction of sp³-hybridized carbons (Fsp3) is 0.591. The summed E-state index contributed by atoms with van der Waals surface area (Å²) in [6.45, 7) is 14.9. The topological polar surface area (TPSA) is 96.5 Å². The van der Waals surface area contributed by atoms with Crippen LogP contribution < -0.4 is 16.0 Å². The zero-order chi connectivity index (χ0) is 22.4. The Morgan fingerprint density at radius 1 is 0.897 bits per heavy atom. The molecular formula is C22H35N3O4. The minimum atomic E-state index is -0.681. The monoisotopic (exact) mass is 405 g/mol. The number of anilines is 1. The zero-order valence-corrected chi connectivity index (χ0v) is 18.8. The Bertz CT molecular complexity index is 715. The maximum Gasteiger partial charge on any atom is 0.311 e. The lowest BCUT2D eigenvalue weighted by molar-refractivity contribution is -0.154. The van der Waals surface area contributed by atoms with Crippen LogP contribution in [0.1, 0.15) is 61.0 Å². The van der Waals surface area contributed by atoms with Gasteiger partial charge in [0.25, 0.3) is 0 Å². The number of rotatable bonds is 7. The van der Waals surface area contributed by atoms with E-state index in [2.05, 4.69) is 16.0 Å². The molecule has 0 heterocycles. The van der Waals surface area contributed by atoms with Gasteiger partial charge >= 0.3 is 5.97 Å². The van der Waals surface area contributed by atoms with Crippen LogP contribution in [0.15, 0.2) is 24.3 Å². The average molecular weight is 406 g/mol. The fourth-order valence-electron chi connectivity index (χ4n) is 2.42. The molecule has 7 nitrogen and oxygen atoms in total. The Morgan fingerprint density at radius 2 is 1.45 bits per heavy atom. The first-order valence-electron chi connectivity index (χ1n) is 9.84. The van der Waals surface area contributed by atoms with Crippen LogP contribution in [0, 0.1) is 5.41 Å². The number of carbonyl (C=O) groups is 3. The van der Waals surface area contributed by atoms with Crippen LogP contribution in [0.3, 0.4) is 0 Å². The molecule has 1 aromatic carbocycles. The molecule has 7 heteroatoms. The van der Waals surface area contributed by atoms with Crippen LogP contribution in [0.2, 0.25) is 0 Å². The van der Waals surface area contributed by atoms with Gasteiger partial charge in [-0.25, -0.2) is 0 Å². The molecule has 2 unspecified atom stereocenters. The van der Waals surface area contributed by atoms with Crippen molar-refractivity contribution in [1.29, 1.82) is 0 Å². The molecule has 0 bridgehead atoms. The molecule has 1 rings (SSSR count). The van der Waals surface area contributed by atoms with E-state index < -0.39 is 17.5 Å². The van der Waals surface area contributed by atoms with E-state index in [0.29, 0.717) is 5.69 Å². The number of carbonyl (C=O) groups excluding carboxylic acids is 3. The van der Waals surface area contributed by atoms with Crippen molar-refractivity contribution < 1.29 is 19.1 Å². The van der Waals surface area contributed by atoms with Crippen molar-refractivity contribution in [3.05, 3.63) is 29.8 Å². The minimum absolute atomic E-state index is 0.176. The normalized spacial score (nSPS) is 13.9. The van der Waals surface area contributed by atoms with Gasteiger partial charge in [0, 0.05) is 11.2 Å². The number of benzene rings is 1. The van der Waals surface area contributed by atoms with Crippen molar-refractivity contribution in [1.82, 2.24) is 10.6 Å². The van der Waals surface area contributed by atoms with Crippen molar-refractivity contribution in [3.63, 3.8) is 0 Å². The summed E-state index contributed by atoms with van der Waals surface area (Å²) in [5.41, 5.74) is 0.673. The molecule has 1 aromatic rings. The molecule has 2 amide bonds. The third kappa shape index (κ3) is 9.09. The molecule has 0 fully saturated rings. The highest BCUT2D eigenvalue weighted by Crippen LogP contribution is 2.17. The first-order chi connectivity index (χ1) is 13.2. The Morgan fingerprint density at radius 3 is 1.93 bits per heavy atom. The number of amides is 2. The van der Waals surface area contributed by atoms with Gasteiger partial charge in [0.2, 0.25) is 11.8 Å². The lowest BCUT2D eigenvalue weighted by atomic mass is 9.97. The van der Waals surface area contributed by atoms with Crippen LogP contribution in [0.5, 0.6) is 0 Å². The minimum Gasteiger partial charge on any atom is -0.460 e. The molecule has 3 N–H and O–H groups in total. The van der Waals surface area contributed by atoms with E-state index in [-0.39, 0.29) is 29.9 Å². The smallest absolute Gasteiger partial charge is 0.311 e. The predicted octanol–water partition coefficient (Wildman–Crippen LogP) is 3.00. The number of esters is 1. The number of ether oxygens (including phenoxy) is 1. The number of hydrogen-bond acceptors (Lipinski definition) is 5. The van der Waals surface area contributed by atoms with E-state index in [1.54, 1.807) is 58.9 Å². The summed E-state index contributed by atoms with van der Waals surface area (Å²) in [5.74, 6) is -0.818. The molecule has 0 radical (unpaired) electrons. The van der Waals surface area contributed by atoms with Gasteiger partial charge < -0.3 is 20.7 Å². The highest BCUT2D eigenvalue weighted by atomic mass is 16.5. The van der Waals surface area contributed by atoms with E-state index in [4.69, 9.17) is 4.74 Å². The fourth-order valence-corrected chi connectivity index (χ4v) is 2.42. The second-order valence-electron chi connectivity index (χ2n) is 9.36. The summed E-state index contributed by atoms with van der Waals surface area (Å²) >= 11 is 0. The van der Waals surface area contributed by atoms with Crippen LogP contribution in [-0.2, 0) is 25.7 Å². The third-order valence-electron chi connectivity index (χ3n) is 4.00. The maximum atomic E-state index is 12.4. The molecule has 0 aliphatic rings. The first-order valence-corrected chi connectivity index (χ1v) is 9.84. The molecule has 0 spiro atoms. The second kappa shape index (κ2) is 9.87. The summed E-state index contributed by atoms with van der Waals surface area (Å²) in [4.78, 5) is 36.4. The van der Waals surface area contributed by atoms with Gasteiger partial charge in [-0.05, 0) is 73.1 Å². The van der Waals surface area contributed by atoms with Crippen LogP contribution in [0.4, 0.5) is 5.69 Å². The Balaban J connectivity index is 2.55. The van der Waals surface area contributed by atoms with Crippen molar-refractivity contribution in [2.75, 3.05) is 5.32 Å². The quantitative estimate of drug-likeness (QED) is 0.606. The van der Waals surface area contributed by atoms with E-state index in [1.165, 1.54) is 0 Å². The van der Waals surface area contributed by atoms with Crippen molar-refractivity contribution >= 4 is 23.5 Å². The average Bonchev–Trinajstić information content (AvgIpc) is 2.58. The molecule has 29 heavy (non-hydrogen) atoms. The summed E-state index contributed by atoms with van der Waals surface area (Å²) in [5, 5.41) is 8.65. The van der Waals surface area contributed by atoms with Gasteiger partial charge in [-0.15, -0.1) is 0 Å². The van der Waals surface area contributed by atoms with E-state index in [1.807, 2.05) is 20.8 Å². The van der Waals surface area contributed by atoms with Gasteiger partial charge in [-0.3, -0.25) is 14.4 Å². The number of hydrogen-bond donors (Lipinski definition) is 3. The second-order valence-corrected chi connectivity index (χ2v) is 9.36. The summed E-state index contributed by atoms with van der Waals surface area (Å²) in [7, 11) is 0. The molecule has 0 aliphatic carbocycles. The van der Waals surface area contributed by atoms with Crippen LogP contribution in [0.25, 0.3) is 0 Å². The van der Waals surface area contributed by atoms with Gasteiger partial charge in [-0.1, -0.05) is 12.1 Å². The molecule has 0 aliphatic heterocycles. The van der Waals surface area contributed by atoms with Gasteiger partial charge in [0.05, 0.1) is 11.5 Å². The molecule has 2 atom stereocenters. The van der Waals surface area contributed by atoms with Crippen molar-refractivity contribution in [2.45, 2.75) is 79.6 Å². The Kier molecular flexibility index (Phi) is 8.38. The SMILES string of the molecule is CC(NC(=O)C(C)NC(C)(C)C)C(=O)Nc1ccc(COC(=O)C(C)(C)C)cc1. The van der Waals surface area contributed by atoms with Crippen molar-refractivity contribution in [2.24, 2.45) is 5.41 Å². The molecule has 0 saturated carbocycles. The summed E-state index contributed by atoms with van der Waals surface area (Å²) in [6.07, 6.45) is 0. The van der Waals surface area contributed by atoms with E-state index in [9.17, 15) is 14.4 Å². The van der Waals surface area contributed by atoms with Crippen molar-refractivity contribution in [3.8, 4) is 0 Å². The summed E-state index contributed by atoms with van der Waals surface area (Å²) < 4.78 is 5.27. The van der Waals surface area contributed by atoms with E-state index >= 15 is 0 Å². The lowest BCUT2D eigenvalue weighted by Gasteiger charge is -2.26. The highest BCUT2D eigenvalue weighted by molar-refractivity contribution is 5.97. The molecule has 0 saturated heterocycles. The van der Waals surface area contributed by atoms with Gasteiger partial charge in [0.1, 0.15) is 12.6 Å². The largest absolute Gasteiger partial charge is 0.460 e. The molecular weight excluding hydrogens is 370 g/mol. The Labute approximate surface area is 174 Å². The predicted molar refractivity (Wildman–Crippen MR) is 114 cm³/mol. The molecule has 162 valence electrons. The molecule has 0 aromatic heterocycles. The summed E-state index contributed by atoms with van der Waals surface area (Å²) in [6, 6.07) is 5.93. The third-order valence-corrected chi connectivity index (χ3v) is 4.00. The van der Waals surface area contributed by atoms with Gasteiger partial charge in [-0.2, -0.15) is 0 Å². The Hall–Kier alpha value is -2.41. The lowest BCUT2D eigenvalue weighted by Crippen LogP contribution is -2.53. The first kappa shape index (κ1) is 24.6. The maximum absolute atomic E-state index is 12.4. The van der Waals surface area contributed by atoms with Crippen LogP contribution in [-0.4, -0.2) is 35.4 Å². The van der Waals surface area contributed by atoms with E-state index in [0.717, 1.165) is 5.56 Å². The highest BCUT2D eigenvalue weighted by Gasteiger charge is 2.24. The van der Waals surface area contributed by atoms with Gasteiger partial charge in [0.15, 0.2) is 0 Å². The number of nitrogens with one attached hydrogen (secondary N) is 3. The van der Waals surface area contributed by atoms with Crippen LogP contribution >= 0.6 is 0 Å².